The maximum Gasteiger partial charge on any atom is 0.341 e. The number of thiophene rings is 1. The Balaban J connectivity index is 2.10. The normalized spacial score (nSPS) is 11.3. The Morgan fingerprint density at radius 3 is 2.54 bits per heavy atom. The summed E-state index contributed by atoms with van der Waals surface area (Å²) in [6, 6.07) is 1.99. The van der Waals surface area contributed by atoms with Gasteiger partial charge in [0.05, 0.1) is 17.9 Å². The molecule has 0 saturated carbocycles. The molecule has 0 unspecified atom stereocenters. The van der Waals surface area contributed by atoms with Crippen molar-refractivity contribution >= 4 is 40.0 Å². The van der Waals surface area contributed by atoms with E-state index in [2.05, 4.69) is 47.8 Å². The molecular formula is C19H28N4O3S2. The third kappa shape index (κ3) is 5.35. The number of amides is 1. The first-order valence-electron chi connectivity index (χ1n) is 9.45. The largest absolute Gasteiger partial charge is 0.462 e. The van der Waals surface area contributed by atoms with Gasteiger partial charge in [0.25, 0.3) is 0 Å². The number of aromatic nitrogens is 3. The fourth-order valence-corrected chi connectivity index (χ4v) is 4.50. The maximum atomic E-state index is 12.5. The number of anilines is 1. The van der Waals surface area contributed by atoms with Crippen LogP contribution in [0.4, 0.5) is 5.00 Å². The maximum absolute atomic E-state index is 12.5. The first kappa shape index (κ1) is 22.4. The fourth-order valence-electron chi connectivity index (χ4n) is 2.63. The van der Waals surface area contributed by atoms with Crippen LogP contribution in [0, 0.1) is 0 Å². The van der Waals surface area contributed by atoms with E-state index in [4.69, 9.17) is 4.74 Å². The molecule has 0 bridgehead atoms. The van der Waals surface area contributed by atoms with Gasteiger partial charge in [-0.3, -0.25) is 4.79 Å². The van der Waals surface area contributed by atoms with Crippen LogP contribution < -0.4 is 5.32 Å². The zero-order valence-corrected chi connectivity index (χ0v) is 18.9. The molecule has 2 aromatic heterocycles. The van der Waals surface area contributed by atoms with Gasteiger partial charge in [0.15, 0.2) is 5.16 Å². The van der Waals surface area contributed by atoms with Gasteiger partial charge in [-0.05, 0) is 33.3 Å². The molecule has 0 spiro atoms. The smallest absolute Gasteiger partial charge is 0.341 e. The minimum absolute atomic E-state index is 0.185. The predicted octanol–water partition coefficient (Wildman–Crippen LogP) is 4.51. The van der Waals surface area contributed by atoms with Gasteiger partial charge in [-0.15, -0.1) is 21.5 Å². The first-order chi connectivity index (χ1) is 13.3. The molecule has 2 rings (SSSR count). The van der Waals surface area contributed by atoms with Crippen molar-refractivity contribution in [3.63, 3.8) is 0 Å². The second kappa shape index (κ2) is 10.1. The number of rotatable bonds is 9. The highest BCUT2D eigenvalue weighted by molar-refractivity contribution is 7.99. The minimum Gasteiger partial charge on any atom is -0.462 e. The Hall–Kier alpha value is -1.87. The third-order valence-electron chi connectivity index (χ3n) is 3.94. The Bertz CT molecular complexity index is 827. The molecule has 0 radical (unpaired) electrons. The number of carbonyl (C=O) groups excluding carboxylic acids is 2. The Labute approximate surface area is 174 Å². The molecule has 7 nitrogen and oxygen atoms in total. The van der Waals surface area contributed by atoms with Crippen molar-refractivity contribution in [1.29, 1.82) is 0 Å². The van der Waals surface area contributed by atoms with Gasteiger partial charge in [-0.2, -0.15) is 0 Å². The van der Waals surface area contributed by atoms with Gasteiger partial charge in [0.1, 0.15) is 10.8 Å². The molecule has 154 valence electrons. The van der Waals surface area contributed by atoms with Gasteiger partial charge in [-0.1, -0.05) is 32.5 Å². The number of thioether (sulfide) groups is 1. The van der Waals surface area contributed by atoms with E-state index >= 15 is 0 Å². The van der Waals surface area contributed by atoms with Crippen molar-refractivity contribution in [2.75, 3.05) is 17.7 Å². The van der Waals surface area contributed by atoms with Crippen LogP contribution >= 0.6 is 23.1 Å². The van der Waals surface area contributed by atoms with Crippen LogP contribution in [0.3, 0.4) is 0 Å². The summed E-state index contributed by atoms with van der Waals surface area (Å²) in [7, 11) is 0. The Morgan fingerprint density at radius 1 is 1.25 bits per heavy atom. The van der Waals surface area contributed by atoms with Gasteiger partial charge in [0.2, 0.25) is 5.91 Å². The van der Waals surface area contributed by atoms with E-state index in [-0.39, 0.29) is 23.6 Å². The molecular weight excluding hydrogens is 396 g/mol. The van der Waals surface area contributed by atoms with Crippen LogP contribution in [-0.2, 0) is 16.0 Å². The molecule has 9 heteroatoms. The number of esters is 1. The zero-order valence-electron chi connectivity index (χ0n) is 17.2. The lowest BCUT2D eigenvalue weighted by Crippen LogP contribution is -2.17. The van der Waals surface area contributed by atoms with Crippen LogP contribution in [-0.4, -0.2) is 39.0 Å². The van der Waals surface area contributed by atoms with E-state index in [1.165, 1.54) is 23.1 Å². The van der Waals surface area contributed by atoms with Gasteiger partial charge >= 0.3 is 5.97 Å². The lowest BCUT2D eigenvalue weighted by atomic mass is 10.2. The molecule has 1 N–H and O–H groups in total. The average molecular weight is 425 g/mol. The summed E-state index contributed by atoms with van der Waals surface area (Å²) in [5.41, 5.74) is 0.412. The van der Waals surface area contributed by atoms with Crippen molar-refractivity contribution in [3.8, 4) is 0 Å². The monoisotopic (exact) mass is 424 g/mol. The van der Waals surface area contributed by atoms with Crippen LogP contribution in [0.25, 0.3) is 0 Å². The van der Waals surface area contributed by atoms with Gasteiger partial charge in [-0.25, -0.2) is 4.79 Å². The Morgan fingerprint density at radius 2 is 1.96 bits per heavy atom. The van der Waals surface area contributed by atoms with Gasteiger partial charge in [0, 0.05) is 16.8 Å². The number of ether oxygens (including phenoxy) is 1. The molecule has 0 saturated heterocycles. The van der Waals surface area contributed by atoms with Gasteiger partial charge < -0.3 is 14.6 Å². The summed E-state index contributed by atoms with van der Waals surface area (Å²) in [5, 5.41) is 12.6. The molecule has 0 aliphatic carbocycles. The highest BCUT2D eigenvalue weighted by Gasteiger charge is 2.21. The summed E-state index contributed by atoms with van der Waals surface area (Å²) in [5.74, 6) is 0.744. The molecule has 0 aliphatic rings. The Kier molecular flexibility index (Phi) is 8.06. The minimum atomic E-state index is -0.414. The van der Waals surface area contributed by atoms with E-state index in [0.29, 0.717) is 17.2 Å². The third-order valence-corrected chi connectivity index (χ3v) is 6.07. The number of nitrogens with zero attached hydrogens (tertiary/aromatic N) is 3. The molecule has 0 atom stereocenters. The van der Waals surface area contributed by atoms with E-state index in [9.17, 15) is 9.59 Å². The predicted molar refractivity (Wildman–Crippen MR) is 114 cm³/mol. The number of carbonyl (C=O) groups is 2. The molecule has 28 heavy (non-hydrogen) atoms. The second-order valence-corrected chi connectivity index (χ2v) is 8.90. The van der Waals surface area contributed by atoms with Crippen LogP contribution in [0.5, 0.6) is 0 Å². The number of aryl methyl sites for hydroxylation is 1. The molecule has 0 aliphatic heterocycles. The standard InChI is InChI=1S/C19H28N4O3S2/c1-7-13-9-14(18(25)26-8-2)17(28-13)20-15(24)10-27-19-22-21-16(11(3)4)23(19)12(5)6/h9,11-12H,7-8,10H2,1-6H3,(H,20,24). The van der Waals surface area contributed by atoms with E-state index in [0.717, 1.165) is 22.3 Å². The van der Waals surface area contributed by atoms with Crippen molar-refractivity contribution in [1.82, 2.24) is 14.8 Å². The molecule has 2 aromatic rings. The summed E-state index contributed by atoms with van der Waals surface area (Å²) in [4.78, 5) is 25.7. The molecule has 0 aromatic carbocycles. The lowest BCUT2D eigenvalue weighted by Gasteiger charge is -2.15. The molecule has 2 heterocycles. The second-order valence-electron chi connectivity index (χ2n) is 6.83. The number of hydrogen-bond acceptors (Lipinski definition) is 7. The van der Waals surface area contributed by atoms with Crippen molar-refractivity contribution < 1.29 is 14.3 Å². The highest BCUT2D eigenvalue weighted by atomic mass is 32.2. The molecule has 0 fully saturated rings. The van der Waals surface area contributed by atoms with Crippen molar-refractivity contribution in [2.24, 2.45) is 0 Å². The van der Waals surface area contributed by atoms with E-state index in [1.807, 2.05) is 6.92 Å². The topological polar surface area (TPSA) is 86.1 Å². The van der Waals surface area contributed by atoms with Crippen molar-refractivity contribution in [3.05, 3.63) is 22.3 Å². The summed E-state index contributed by atoms with van der Waals surface area (Å²) < 4.78 is 7.16. The van der Waals surface area contributed by atoms with Crippen LogP contribution in [0.2, 0.25) is 0 Å². The van der Waals surface area contributed by atoms with Crippen molar-refractivity contribution in [2.45, 2.75) is 65.1 Å². The zero-order chi connectivity index (χ0) is 20.8. The number of nitrogens with one attached hydrogen (secondary N) is 1. The lowest BCUT2D eigenvalue weighted by molar-refractivity contribution is -0.113. The molecule has 1 amide bonds. The summed E-state index contributed by atoms with van der Waals surface area (Å²) in [6.07, 6.45) is 0.789. The average Bonchev–Trinajstić information content (AvgIpc) is 3.24. The SMILES string of the molecule is CCOC(=O)c1cc(CC)sc1NC(=O)CSc1nnc(C(C)C)n1C(C)C. The van der Waals surface area contributed by atoms with Crippen LogP contribution in [0.1, 0.15) is 74.6 Å². The first-order valence-corrected chi connectivity index (χ1v) is 11.3. The number of hydrogen-bond donors (Lipinski definition) is 1. The van der Waals surface area contributed by atoms with E-state index < -0.39 is 5.97 Å². The highest BCUT2D eigenvalue weighted by Crippen LogP contribution is 2.30. The summed E-state index contributed by atoms with van der Waals surface area (Å²) >= 11 is 2.75. The quantitative estimate of drug-likeness (QED) is 0.471. The van der Waals surface area contributed by atoms with E-state index in [1.54, 1.807) is 13.0 Å². The van der Waals surface area contributed by atoms with Crippen LogP contribution in [0.15, 0.2) is 11.2 Å². The fraction of sp³-hybridized carbons (Fsp3) is 0.579. The summed E-state index contributed by atoms with van der Waals surface area (Å²) in [6.45, 7) is 12.4.